The number of rotatable bonds is 11. The van der Waals surface area contributed by atoms with Crippen molar-refractivity contribution in [3.05, 3.63) is 41.5 Å². The molecular weight excluding hydrogens is 777 g/mol. The van der Waals surface area contributed by atoms with Gasteiger partial charge in [0.25, 0.3) is 16.6 Å². The molecule has 0 aromatic heterocycles. The molecule has 0 amide bonds. The lowest BCUT2D eigenvalue weighted by molar-refractivity contribution is 0.0279. The van der Waals surface area contributed by atoms with Crippen LogP contribution >= 0.6 is 0 Å². The van der Waals surface area contributed by atoms with Crippen LogP contribution in [0.5, 0.6) is 28.7 Å². The molecule has 1 aliphatic rings. The molecule has 1 heterocycles. The Bertz CT molecular complexity index is 1700. The summed E-state index contributed by atoms with van der Waals surface area (Å²) in [5, 5.41) is 0.0967. The number of fused-ring (bicyclic) bond motifs is 1. The smallest absolute Gasteiger partial charge is 0.250 e. The van der Waals surface area contributed by atoms with Gasteiger partial charge < -0.3 is 26.9 Å². The highest BCUT2D eigenvalue weighted by molar-refractivity contribution is 6.76. The second-order valence-corrected chi connectivity index (χ2v) is 47.9. The summed E-state index contributed by atoms with van der Waals surface area (Å²) in [6.07, 6.45) is 0.0339. The van der Waals surface area contributed by atoms with Gasteiger partial charge in [-0.1, -0.05) is 110 Å². The van der Waals surface area contributed by atoms with Gasteiger partial charge in [0.05, 0.1) is 6.10 Å². The summed E-state index contributed by atoms with van der Waals surface area (Å²) in [4.78, 5) is 0. The summed E-state index contributed by atoms with van der Waals surface area (Å²) in [5.74, 6) is 4.11. The molecule has 0 unspecified atom stereocenters. The standard InChI is InChI=1S/C45H84O6Si5/c1-41(2,3)52(16,17)47-33-29-36-34(37(30-33)49-54(20,21)43(7,8)9)31-39(51-56(24,25)45(13,14)15)40(46-36)32-26-27-35(48-53(18,19)42(4,5)6)38(28-32)50-55(22,23)44(10,11)12/h26-30,39-40H,31H2,1-25H3/t39-,40+/m0/s1. The van der Waals surface area contributed by atoms with Gasteiger partial charge in [0.1, 0.15) is 34.9 Å². The minimum Gasteiger partial charge on any atom is -0.543 e. The summed E-state index contributed by atoms with van der Waals surface area (Å²) in [6, 6.07) is 10.8. The van der Waals surface area contributed by atoms with E-state index in [0.717, 1.165) is 39.9 Å². The average Bonchev–Trinajstić information content (AvgIpc) is 2.94. The second-order valence-electron chi connectivity index (χ2n) is 24.2. The molecule has 0 saturated carbocycles. The number of hydrogen-bond donors (Lipinski definition) is 0. The summed E-state index contributed by atoms with van der Waals surface area (Å²) in [6.45, 7) is 57.4. The SMILES string of the molecule is CC(C)(C)[Si](C)(C)Oc1cc2c(c(O[Si](C)(C)C(C)(C)C)c1)C[C@H](O[Si](C)(C)C(C)(C)C)[C@@H](c1ccc(O[Si](C)(C)C(C)(C)C)c(O[Si](C)(C)C(C)(C)C)c1)O2. The Hall–Kier alpha value is -1.52. The second kappa shape index (κ2) is 15.5. The first-order valence-corrected chi connectivity index (χ1v) is 35.6. The molecule has 6 nitrogen and oxygen atoms in total. The molecule has 56 heavy (non-hydrogen) atoms. The maximum atomic E-state index is 7.41. The molecule has 2 aromatic carbocycles. The first-order chi connectivity index (χ1) is 24.6. The zero-order valence-electron chi connectivity index (χ0n) is 40.7. The predicted octanol–water partition coefficient (Wildman–Crippen LogP) is 15.3. The van der Waals surface area contributed by atoms with Gasteiger partial charge in [-0.3, -0.25) is 0 Å². The van der Waals surface area contributed by atoms with Crippen LogP contribution in [0.3, 0.4) is 0 Å². The molecule has 0 bridgehead atoms. The van der Waals surface area contributed by atoms with Crippen molar-refractivity contribution in [1.82, 2.24) is 0 Å². The lowest BCUT2D eigenvalue weighted by atomic mass is 9.94. The third kappa shape index (κ3) is 10.8. The highest BCUT2D eigenvalue weighted by Gasteiger charge is 2.47. The van der Waals surface area contributed by atoms with Crippen molar-refractivity contribution >= 4 is 41.6 Å². The Morgan fingerprint density at radius 3 is 1.29 bits per heavy atom. The topological polar surface area (TPSA) is 55.4 Å². The maximum Gasteiger partial charge on any atom is 0.250 e. The minimum atomic E-state index is -2.26. The predicted molar refractivity (Wildman–Crippen MR) is 253 cm³/mol. The molecule has 3 rings (SSSR count). The summed E-state index contributed by atoms with van der Waals surface area (Å²) < 4.78 is 43.1. The minimum absolute atomic E-state index is 0.00655. The summed E-state index contributed by atoms with van der Waals surface area (Å²) in [7, 11) is -11.1. The van der Waals surface area contributed by atoms with Crippen molar-refractivity contribution in [2.45, 2.75) is 213 Å². The van der Waals surface area contributed by atoms with E-state index in [1.54, 1.807) is 0 Å². The van der Waals surface area contributed by atoms with Crippen LogP contribution in [0.1, 0.15) is 121 Å². The molecule has 2 aromatic rings. The molecule has 0 aliphatic carbocycles. The van der Waals surface area contributed by atoms with Gasteiger partial charge in [0.15, 0.2) is 8.32 Å². The molecule has 2 atom stereocenters. The molecule has 1 aliphatic heterocycles. The Morgan fingerprint density at radius 2 is 0.857 bits per heavy atom. The summed E-state index contributed by atoms with van der Waals surface area (Å²) >= 11 is 0. The van der Waals surface area contributed by atoms with E-state index in [9.17, 15) is 0 Å². The first-order valence-electron chi connectivity index (χ1n) is 21.0. The van der Waals surface area contributed by atoms with Gasteiger partial charge in [-0.05, 0) is 108 Å². The lowest BCUT2D eigenvalue weighted by Crippen LogP contribution is -2.48. The fraction of sp³-hybridized carbons (Fsp3) is 0.733. The Balaban J connectivity index is 2.36. The van der Waals surface area contributed by atoms with E-state index in [2.05, 4.69) is 200 Å². The fourth-order valence-electron chi connectivity index (χ4n) is 5.11. The lowest BCUT2D eigenvalue weighted by Gasteiger charge is -2.44. The normalized spacial score (nSPS) is 18.2. The van der Waals surface area contributed by atoms with E-state index in [1.165, 1.54) is 0 Å². The van der Waals surface area contributed by atoms with Crippen molar-refractivity contribution in [3.8, 4) is 28.7 Å². The Kier molecular flexibility index (Phi) is 13.5. The number of ether oxygens (including phenoxy) is 1. The van der Waals surface area contributed by atoms with E-state index < -0.39 is 41.6 Å². The van der Waals surface area contributed by atoms with E-state index in [0.29, 0.717) is 6.42 Å². The van der Waals surface area contributed by atoms with Crippen LogP contribution in [0.25, 0.3) is 0 Å². The monoisotopic (exact) mass is 861 g/mol. The molecule has 0 saturated heterocycles. The third-order valence-electron chi connectivity index (χ3n) is 14.4. The first kappa shape index (κ1) is 48.9. The highest BCUT2D eigenvalue weighted by atomic mass is 28.4. The van der Waals surface area contributed by atoms with Gasteiger partial charge in [-0.25, -0.2) is 0 Å². The van der Waals surface area contributed by atoms with Gasteiger partial charge in [-0.15, -0.1) is 0 Å². The van der Waals surface area contributed by atoms with Crippen LogP contribution < -0.4 is 22.4 Å². The molecule has 0 fully saturated rings. The van der Waals surface area contributed by atoms with E-state index in [4.69, 9.17) is 26.9 Å². The van der Waals surface area contributed by atoms with Crippen LogP contribution in [0.2, 0.25) is 90.7 Å². The van der Waals surface area contributed by atoms with Gasteiger partial charge in [0.2, 0.25) is 16.6 Å². The zero-order chi connectivity index (χ0) is 43.7. The van der Waals surface area contributed by atoms with E-state index >= 15 is 0 Å². The van der Waals surface area contributed by atoms with Crippen molar-refractivity contribution in [1.29, 1.82) is 0 Å². The maximum absolute atomic E-state index is 7.41. The van der Waals surface area contributed by atoms with Crippen LogP contribution in [0.15, 0.2) is 30.3 Å². The molecule has 320 valence electrons. The Morgan fingerprint density at radius 1 is 0.464 bits per heavy atom. The van der Waals surface area contributed by atoms with Crippen LogP contribution in [0.4, 0.5) is 0 Å². The van der Waals surface area contributed by atoms with Crippen LogP contribution in [-0.4, -0.2) is 47.7 Å². The van der Waals surface area contributed by atoms with E-state index in [1.807, 2.05) is 0 Å². The molecule has 0 N–H and O–H groups in total. The molecular formula is C45H84O6Si5. The Labute approximate surface area is 350 Å². The van der Waals surface area contributed by atoms with Gasteiger partial charge in [-0.2, -0.15) is 0 Å². The third-order valence-corrected chi connectivity index (χ3v) is 36.3. The van der Waals surface area contributed by atoms with Gasteiger partial charge in [0, 0.05) is 24.1 Å². The number of benzene rings is 2. The van der Waals surface area contributed by atoms with Crippen LogP contribution in [-0.2, 0) is 10.8 Å². The van der Waals surface area contributed by atoms with Crippen molar-refractivity contribution in [3.63, 3.8) is 0 Å². The van der Waals surface area contributed by atoms with Gasteiger partial charge >= 0.3 is 0 Å². The summed E-state index contributed by atoms with van der Waals surface area (Å²) in [5.41, 5.74) is 2.09. The van der Waals surface area contributed by atoms with Crippen molar-refractivity contribution < 1.29 is 26.9 Å². The van der Waals surface area contributed by atoms with Crippen LogP contribution in [0, 0.1) is 0 Å². The largest absolute Gasteiger partial charge is 0.543 e. The zero-order valence-corrected chi connectivity index (χ0v) is 45.7. The van der Waals surface area contributed by atoms with Crippen molar-refractivity contribution in [2.24, 2.45) is 0 Å². The highest BCUT2D eigenvalue weighted by Crippen LogP contribution is 2.51. The van der Waals surface area contributed by atoms with Crippen molar-refractivity contribution in [2.75, 3.05) is 0 Å². The fourth-order valence-corrected chi connectivity index (χ4v) is 10.5. The average molecular weight is 862 g/mol. The quantitative estimate of drug-likeness (QED) is 0.210. The van der Waals surface area contributed by atoms with E-state index in [-0.39, 0.29) is 37.4 Å². The molecule has 0 radical (unpaired) electrons. The number of hydrogen-bond acceptors (Lipinski definition) is 6. The molecule has 0 spiro atoms. The molecule has 11 heteroatoms.